The predicted octanol–water partition coefficient (Wildman–Crippen LogP) is 5.27. The maximum Gasteiger partial charge on any atom is 0.0250 e. The Balaban J connectivity index is 0. The van der Waals surface area contributed by atoms with Crippen molar-refractivity contribution in [1.29, 1.82) is 0 Å². The average Bonchev–Trinajstić information content (AvgIpc) is 2.15. The lowest BCUT2D eigenvalue weighted by molar-refractivity contribution is 0.906. The number of hydrogen-bond acceptors (Lipinski definition) is 2. The molecular weight excluding hydrogens is 220 g/mol. The summed E-state index contributed by atoms with van der Waals surface area (Å²) in [5.74, 6) is 1.11. The molecule has 104 valence electrons. The Labute approximate surface area is 114 Å². The van der Waals surface area contributed by atoms with E-state index in [0.717, 1.165) is 0 Å². The largest absolute Gasteiger partial charge is 0.269 e. The standard InChI is InChI=1S/2C8H15N/c2*1-7(2)5-9-6-8(3)4/h2*5-7H,1-4H3. The van der Waals surface area contributed by atoms with E-state index in [2.05, 4.69) is 37.7 Å². The van der Waals surface area contributed by atoms with Crippen LogP contribution < -0.4 is 0 Å². The summed E-state index contributed by atoms with van der Waals surface area (Å²) in [6, 6.07) is 0. The second kappa shape index (κ2) is 12.3. The summed E-state index contributed by atoms with van der Waals surface area (Å²) >= 11 is 0. The first-order chi connectivity index (χ1) is 8.25. The molecule has 0 rings (SSSR count). The molecule has 0 unspecified atom stereocenters. The minimum Gasteiger partial charge on any atom is -0.269 e. The first kappa shape index (κ1) is 19.2. The normalized spacial score (nSPS) is 10.8. The average molecular weight is 250 g/mol. The van der Waals surface area contributed by atoms with Crippen LogP contribution in [0.5, 0.6) is 0 Å². The number of hydrogen-bond donors (Lipinski definition) is 0. The second-order valence-corrected chi connectivity index (χ2v) is 5.50. The molecule has 0 N–H and O–H groups in total. The second-order valence-electron chi connectivity index (χ2n) is 5.50. The van der Waals surface area contributed by atoms with Gasteiger partial charge in [-0.2, -0.15) is 0 Å². The zero-order valence-corrected chi connectivity index (χ0v) is 13.4. The van der Waals surface area contributed by atoms with Gasteiger partial charge in [-0.1, -0.05) is 38.8 Å². The molecule has 0 radical (unpaired) electrons. The molecule has 0 fully saturated rings. The van der Waals surface area contributed by atoms with E-state index in [0.29, 0.717) is 11.8 Å². The molecule has 0 aliphatic rings. The molecule has 0 aliphatic heterocycles. The zero-order valence-electron chi connectivity index (χ0n) is 13.4. The van der Waals surface area contributed by atoms with Crippen LogP contribution in [0.1, 0.15) is 55.4 Å². The molecule has 0 aliphatic carbocycles. The summed E-state index contributed by atoms with van der Waals surface area (Å²) in [6.45, 7) is 16.6. The smallest absolute Gasteiger partial charge is 0.0250 e. The Bertz CT molecular complexity index is 265. The van der Waals surface area contributed by atoms with E-state index in [4.69, 9.17) is 0 Å². The van der Waals surface area contributed by atoms with Crippen molar-refractivity contribution in [1.82, 2.24) is 0 Å². The van der Waals surface area contributed by atoms with Gasteiger partial charge in [0.05, 0.1) is 0 Å². The molecule has 18 heavy (non-hydrogen) atoms. The third-order valence-corrected chi connectivity index (χ3v) is 1.43. The molecule has 0 spiro atoms. The number of aliphatic imine (C=N–C) groups is 2. The van der Waals surface area contributed by atoms with Crippen molar-refractivity contribution in [2.24, 2.45) is 21.8 Å². The zero-order chi connectivity index (χ0) is 14.6. The fourth-order valence-electron chi connectivity index (χ4n) is 0.728. The SMILES string of the molecule is CC(C)=CN=CC(C)C.CC(C)=CN=CC(C)C. The molecular formula is C16H30N2. The van der Waals surface area contributed by atoms with Crippen molar-refractivity contribution in [3.05, 3.63) is 23.5 Å². The fraction of sp³-hybridized carbons (Fsp3) is 0.625. The molecule has 0 aromatic carbocycles. The van der Waals surface area contributed by atoms with Crippen LogP contribution in [0.2, 0.25) is 0 Å². The van der Waals surface area contributed by atoms with Gasteiger partial charge in [0, 0.05) is 24.8 Å². The van der Waals surface area contributed by atoms with E-state index in [1.807, 2.05) is 52.5 Å². The van der Waals surface area contributed by atoms with Gasteiger partial charge in [-0.3, -0.25) is 9.98 Å². The highest BCUT2D eigenvalue weighted by atomic mass is 14.7. The maximum absolute atomic E-state index is 4.08. The third-order valence-electron chi connectivity index (χ3n) is 1.43. The van der Waals surface area contributed by atoms with Crippen LogP contribution in [0, 0.1) is 11.8 Å². The summed E-state index contributed by atoms with van der Waals surface area (Å²) < 4.78 is 0. The van der Waals surface area contributed by atoms with Crippen LogP contribution in [0.15, 0.2) is 33.5 Å². The van der Waals surface area contributed by atoms with E-state index < -0.39 is 0 Å². The summed E-state index contributed by atoms with van der Waals surface area (Å²) in [5.41, 5.74) is 2.49. The van der Waals surface area contributed by atoms with Crippen molar-refractivity contribution in [3.63, 3.8) is 0 Å². The van der Waals surface area contributed by atoms with Gasteiger partial charge in [0.1, 0.15) is 0 Å². The van der Waals surface area contributed by atoms with Crippen molar-refractivity contribution in [2.75, 3.05) is 0 Å². The van der Waals surface area contributed by atoms with Gasteiger partial charge < -0.3 is 0 Å². The van der Waals surface area contributed by atoms with Gasteiger partial charge in [-0.15, -0.1) is 0 Å². The molecule has 0 atom stereocenters. The van der Waals surface area contributed by atoms with Gasteiger partial charge in [-0.25, -0.2) is 0 Å². The molecule has 0 bridgehead atoms. The molecule has 0 amide bonds. The van der Waals surface area contributed by atoms with Gasteiger partial charge >= 0.3 is 0 Å². The predicted molar refractivity (Wildman–Crippen MR) is 85.5 cm³/mol. The summed E-state index contributed by atoms with van der Waals surface area (Å²) in [6.07, 6.45) is 7.62. The molecule has 0 aromatic rings. The van der Waals surface area contributed by atoms with Crippen molar-refractivity contribution in [3.8, 4) is 0 Å². The minimum atomic E-state index is 0.556. The number of nitrogens with zero attached hydrogens (tertiary/aromatic N) is 2. The van der Waals surface area contributed by atoms with Crippen LogP contribution in [0.3, 0.4) is 0 Å². The van der Waals surface area contributed by atoms with Crippen molar-refractivity contribution >= 4 is 12.4 Å². The number of rotatable bonds is 4. The topological polar surface area (TPSA) is 24.7 Å². The summed E-state index contributed by atoms with van der Waals surface area (Å²) in [5, 5.41) is 0. The first-order valence-electron chi connectivity index (χ1n) is 6.59. The number of allylic oxidation sites excluding steroid dienone is 2. The van der Waals surface area contributed by atoms with E-state index in [1.165, 1.54) is 11.1 Å². The summed E-state index contributed by atoms with van der Waals surface area (Å²) in [4.78, 5) is 8.17. The maximum atomic E-state index is 4.08. The monoisotopic (exact) mass is 250 g/mol. The quantitative estimate of drug-likeness (QED) is 0.607. The Morgan fingerprint density at radius 3 is 1.11 bits per heavy atom. The van der Waals surface area contributed by atoms with E-state index in [1.54, 1.807) is 0 Å². The van der Waals surface area contributed by atoms with Gasteiger partial charge in [-0.05, 0) is 39.5 Å². The van der Waals surface area contributed by atoms with Crippen LogP contribution in [-0.4, -0.2) is 12.4 Å². The lowest BCUT2D eigenvalue weighted by Crippen LogP contribution is -1.84. The van der Waals surface area contributed by atoms with E-state index >= 15 is 0 Å². The van der Waals surface area contributed by atoms with Gasteiger partial charge in [0.15, 0.2) is 0 Å². The van der Waals surface area contributed by atoms with Crippen LogP contribution in [0.25, 0.3) is 0 Å². The molecule has 2 nitrogen and oxygen atoms in total. The lowest BCUT2D eigenvalue weighted by atomic mass is 10.2. The van der Waals surface area contributed by atoms with Crippen molar-refractivity contribution < 1.29 is 0 Å². The van der Waals surface area contributed by atoms with E-state index in [9.17, 15) is 0 Å². The minimum absolute atomic E-state index is 0.556. The Hall–Kier alpha value is -1.18. The van der Waals surface area contributed by atoms with Crippen LogP contribution >= 0.6 is 0 Å². The third kappa shape index (κ3) is 24.2. The van der Waals surface area contributed by atoms with E-state index in [-0.39, 0.29) is 0 Å². The molecule has 2 heteroatoms. The highest BCUT2D eigenvalue weighted by Gasteiger charge is 1.81. The van der Waals surface area contributed by atoms with Gasteiger partial charge in [0.2, 0.25) is 0 Å². The molecule has 0 saturated heterocycles. The Kier molecular flexibility index (Phi) is 13.1. The fourth-order valence-corrected chi connectivity index (χ4v) is 0.728. The summed E-state index contributed by atoms with van der Waals surface area (Å²) in [7, 11) is 0. The van der Waals surface area contributed by atoms with Crippen LogP contribution in [-0.2, 0) is 0 Å². The van der Waals surface area contributed by atoms with Gasteiger partial charge in [0.25, 0.3) is 0 Å². The highest BCUT2D eigenvalue weighted by molar-refractivity contribution is 5.60. The van der Waals surface area contributed by atoms with Crippen LogP contribution in [0.4, 0.5) is 0 Å². The Morgan fingerprint density at radius 2 is 0.944 bits per heavy atom. The molecule has 0 saturated carbocycles. The molecule has 0 aromatic heterocycles. The van der Waals surface area contributed by atoms with Crippen molar-refractivity contribution in [2.45, 2.75) is 55.4 Å². The molecule has 0 heterocycles. The lowest BCUT2D eigenvalue weighted by Gasteiger charge is -1.89. The highest BCUT2D eigenvalue weighted by Crippen LogP contribution is 1.91. The Morgan fingerprint density at radius 1 is 0.667 bits per heavy atom. The first-order valence-corrected chi connectivity index (χ1v) is 6.59.